The van der Waals surface area contributed by atoms with Crippen molar-refractivity contribution >= 4 is 17.5 Å². The van der Waals surface area contributed by atoms with E-state index in [4.69, 9.17) is 0 Å². The molecular formula is C19H20FN3O2. The van der Waals surface area contributed by atoms with Gasteiger partial charge in [0.2, 0.25) is 0 Å². The number of amides is 2. The molecule has 0 bridgehead atoms. The molecule has 1 aliphatic rings. The number of carbonyl (C=O) groups excluding carboxylic acids is 2. The molecule has 1 saturated heterocycles. The third-order valence-corrected chi connectivity index (χ3v) is 4.26. The average Bonchev–Trinajstić information content (AvgIpc) is 2.92. The number of aromatic nitrogens is 1. The second kappa shape index (κ2) is 7.88. The standard InChI is InChI=1S/C19H20FN3O2/c20-15-7-3-4-8-16(15)22-18(24)14-9-10-21-17(13-14)19(25)23-11-5-1-2-6-12-23/h3-4,7-10,13H,1-2,5-6,11-12H2,(H,22,24). The molecule has 2 heterocycles. The summed E-state index contributed by atoms with van der Waals surface area (Å²) in [6, 6.07) is 8.92. The van der Waals surface area contributed by atoms with Crippen molar-refractivity contribution in [3.63, 3.8) is 0 Å². The highest BCUT2D eigenvalue weighted by atomic mass is 19.1. The molecule has 1 N–H and O–H groups in total. The van der Waals surface area contributed by atoms with E-state index in [1.807, 2.05) is 0 Å². The average molecular weight is 341 g/mol. The molecule has 0 aliphatic carbocycles. The molecule has 25 heavy (non-hydrogen) atoms. The van der Waals surface area contributed by atoms with E-state index < -0.39 is 11.7 Å². The van der Waals surface area contributed by atoms with E-state index >= 15 is 0 Å². The molecule has 5 nitrogen and oxygen atoms in total. The Morgan fingerprint density at radius 1 is 1.04 bits per heavy atom. The maximum atomic E-state index is 13.7. The number of para-hydroxylation sites is 1. The van der Waals surface area contributed by atoms with Crippen LogP contribution in [0.3, 0.4) is 0 Å². The van der Waals surface area contributed by atoms with Crippen LogP contribution in [0.15, 0.2) is 42.6 Å². The van der Waals surface area contributed by atoms with E-state index in [0.717, 1.165) is 25.7 Å². The van der Waals surface area contributed by atoms with Gasteiger partial charge in [0, 0.05) is 24.8 Å². The lowest BCUT2D eigenvalue weighted by atomic mass is 10.2. The fraction of sp³-hybridized carbons (Fsp3) is 0.316. The maximum absolute atomic E-state index is 13.7. The fourth-order valence-corrected chi connectivity index (χ4v) is 2.88. The molecule has 0 saturated carbocycles. The van der Waals surface area contributed by atoms with Gasteiger partial charge in [0.1, 0.15) is 11.5 Å². The van der Waals surface area contributed by atoms with E-state index in [0.29, 0.717) is 13.1 Å². The summed E-state index contributed by atoms with van der Waals surface area (Å²) in [7, 11) is 0. The second-order valence-corrected chi connectivity index (χ2v) is 6.07. The molecule has 1 aromatic heterocycles. The molecule has 1 fully saturated rings. The third-order valence-electron chi connectivity index (χ3n) is 4.26. The zero-order chi connectivity index (χ0) is 17.6. The first kappa shape index (κ1) is 17.1. The van der Waals surface area contributed by atoms with Gasteiger partial charge in [-0.25, -0.2) is 4.39 Å². The number of carbonyl (C=O) groups is 2. The minimum absolute atomic E-state index is 0.102. The van der Waals surface area contributed by atoms with Crippen LogP contribution in [0, 0.1) is 5.82 Å². The number of halogens is 1. The topological polar surface area (TPSA) is 62.3 Å². The Morgan fingerprint density at radius 3 is 2.48 bits per heavy atom. The number of nitrogens with zero attached hydrogens (tertiary/aromatic N) is 2. The summed E-state index contributed by atoms with van der Waals surface area (Å²) in [6.07, 6.45) is 5.66. The zero-order valence-corrected chi connectivity index (χ0v) is 13.9. The Hall–Kier alpha value is -2.76. The van der Waals surface area contributed by atoms with Gasteiger partial charge >= 0.3 is 0 Å². The molecular weight excluding hydrogens is 321 g/mol. The molecule has 0 radical (unpaired) electrons. The first-order valence-electron chi connectivity index (χ1n) is 8.46. The normalized spacial score (nSPS) is 14.7. The number of rotatable bonds is 3. The molecule has 0 spiro atoms. The maximum Gasteiger partial charge on any atom is 0.272 e. The van der Waals surface area contributed by atoms with Crippen LogP contribution in [0.4, 0.5) is 10.1 Å². The van der Waals surface area contributed by atoms with Gasteiger partial charge in [-0.1, -0.05) is 25.0 Å². The van der Waals surface area contributed by atoms with Crippen molar-refractivity contribution in [2.45, 2.75) is 25.7 Å². The summed E-state index contributed by atoms with van der Waals surface area (Å²) in [5, 5.41) is 2.52. The largest absolute Gasteiger partial charge is 0.337 e. The quantitative estimate of drug-likeness (QED) is 0.929. The van der Waals surface area contributed by atoms with Crippen molar-refractivity contribution in [1.29, 1.82) is 0 Å². The van der Waals surface area contributed by atoms with Crippen LogP contribution < -0.4 is 5.32 Å². The van der Waals surface area contributed by atoms with E-state index in [1.54, 1.807) is 17.0 Å². The minimum Gasteiger partial charge on any atom is -0.337 e. The van der Waals surface area contributed by atoms with E-state index in [2.05, 4.69) is 10.3 Å². The van der Waals surface area contributed by atoms with Gasteiger partial charge in [-0.3, -0.25) is 14.6 Å². The number of anilines is 1. The summed E-state index contributed by atoms with van der Waals surface area (Å²) in [6.45, 7) is 1.43. The van der Waals surface area contributed by atoms with E-state index in [9.17, 15) is 14.0 Å². The van der Waals surface area contributed by atoms with Crippen LogP contribution in [0.1, 0.15) is 46.5 Å². The van der Waals surface area contributed by atoms with E-state index in [-0.39, 0.29) is 22.9 Å². The van der Waals surface area contributed by atoms with Gasteiger partial charge in [-0.2, -0.15) is 0 Å². The van der Waals surface area contributed by atoms with Crippen molar-refractivity contribution in [2.75, 3.05) is 18.4 Å². The second-order valence-electron chi connectivity index (χ2n) is 6.07. The molecule has 2 amide bonds. The van der Waals surface area contributed by atoms with Crippen molar-refractivity contribution in [3.8, 4) is 0 Å². The van der Waals surface area contributed by atoms with E-state index in [1.165, 1.54) is 30.5 Å². The molecule has 1 aliphatic heterocycles. The Balaban J connectivity index is 1.75. The Labute approximate surface area is 145 Å². The van der Waals surface area contributed by atoms with Gasteiger partial charge < -0.3 is 10.2 Å². The summed E-state index contributed by atoms with van der Waals surface area (Å²) in [5.74, 6) is -1.15. The predicted octanol–water partition coefficient (Wildman–Crippen LogP) is 3.49. The monoisotopic (exact) mass is 341 g/mol. The summed E-state index contributed by atoms with van der Waals surface area (Å²) < 4.78 is 13.7. The summed E-state index contributed by atoms with van der Waals surface area (Å²) in [4.78, 5) is 30.8. The van der Waals surface area contributed by atoms with Gasteiger partial charge in [-0.05, 0) is 37.1 Å². The first-order chi connectivity index (χ1) is 12.1. The highest BCUT2D eigenvalue weighted by Gasteiger charge is 2.20. The lowest BCUT2D eigenvalue weighted by molar-refractivity contribution is 0.0755. The smallest absolute Gasteiger partial charge is 0.272 e. The van der Waals surface area contributed by atoms with Gasteiger partial charge in [0.25, 0.3) is 11.8 Å². The van der Waals surface area contributed by atoms with Crippen LogP contribution >= 0.6 is 0 Å². The van der Waals surface area contributed by atoms with Crippen LogP contribution in [-0.2, 0) is 0 Å². The SMILES string of the molecule is O=C(Nc1ccccc1F)c1ccnc(C(=O)N2CCCCCC2)c1. The highest BCUT2D eigenvalue weighted by Crippen LogP contribution is 2.16. The van der Waals surface area contributed by atoms with Gasteiger partial charge in [0.05, 0.1) is 5.69 Å². The minimum atomic E-state index is -0.509. The summed E-state index contributed by atoms with van der Waals surface area (Å²) >= 11 is 0. The van der Waals surface area contributed by atoms with Crippen LogP contribution in [0.2, 0.25) is 0 Å². The molecule has 3 rings (SSSR count). The number of benzene rings is 1. The number of hydrogen-bond acceptors (Lipinski definition) is 3. The van der Waals surface area contributed by atoms with Crippen molar-refractivity contribution < 1.29 is 14.0 Å². The lowest BCUT2D eigenvalue weighted by Crippen LogP contribution is -2.32. The number of likely N-dealkylation sites (tertiary alicyclic amines) is 1. The number of nitrogens with one attached hydrogen (secondary N) is 1. The zero-order valence-electron chi connectivity index (χ0n) is 13.9. The highest BCUT2D eigenvalue weighted by molar-refractivity contribution is 6.05. The third kappa shape index (κ3) is 4.21. The molecule has 6 heteroatoms. The first-order valence-corrected chi connectivity index (χ1v) is 8.46. The Bertz CT molecular complexity index is 771. The number of hydrogen-bond donors (Lipinski definition) is 1. The van der Waals surface area contributed by atoms with Crippen molar-refractivity contribution in [1.82, 2.24) is 9.88 Å². The lowest BCUT2D eigenvalue weighted by Gasteiger charge is -2.19. The Kier molecular flexibility index (Phi) is 5.38. The molecule has 0 unspecified atom stereocenters. The van der Waals surface area contributed by atoms with Crippen molar-refractivity contribution in [2.24, 2.45) is 0 Å². The molecule has 0 atom stereocenters. The number of pyridine rings is 1. The molecule has 1 aromatic carbocycles. The van der Waals surface area contributed by atoms with Crippen LogP contribution in [0.5, 0.6) is 0 Å². The van der Waals surface area contributed by atoms with Crippen LogP contribution in [0.25, 0.3) is 0 Å². The predicted molar refractivity (Wildman–Crippen MR) is 93.0 cm³/mol. The molecule has 2 aromatic rings. The van der Waals surface area contributed by atoms with Crippen molar-refractivity contribution in [3.05, 3.63) is 59.7 Å². The van der Waals surface area contributed by atoms with Gasteiger partial charge in [0.15, 0.2) is 0 Å². The van der Waals surface area contributed by atoms with Gasteiger partial charge in [-0.15, -0.1) is 0 Å². The molecule has 130 valence electrons. The summed E-state index contributed by atoms with van der Waals surface area (Å²) in [5.41, 5.74) is 0.615. The van der Waals surface area contributed by atoms with Crippen LogP contribution in [-0.4, -0.2) is 34.8 Å². The Morgan fingerprint density at radius 2 is 1.76 bits per heavy atom. The fourth-order valence-electron chi connectivity index (χ4n) is 2.88.